The zero-order valence-electron chi connectivity index (χ0n) is 8.74. The van der Waals surface area contributed by atoms with E-state index in [1.807, 2.05) is 0 Å². The summed E-state index contributed by atoms with van der Waals surface area (Å²) in [7, 11) is -3.08. The molecule has 3 atom stereocenters. The van der Waals surface area contributed by atoms with Crippen LogP contribution in [0.4, 0.5) is 0 Å². The van der Waals surface area contributed by atoms with Gasteiger partial charge in [0.2, 0.25) is 0 Å². The Kier molecular flexibility index (Phi) is 6.05. The summed E-state index contributed by atoms with van der Waals surface area (Å²) in [5, 5.41) is 2.02. The topological polar surface area (TPSA) is 55.4 Å². The van der Waals surface area contributed by atoms with Crippen molar-refractivity contribution < 1.29 is 13.2 Å². The van der Waals surface area contributed by atoms with Crippen LogP contribution < -0.4 is 5.32 Å². The van der Waals surface area contributed by atoms with Crippen molar-refractivity contribution in [3.05, 3.63) is 0 Å². The molecule has 1 rings (SSSR count). The van der Waals surface area contributed by atoms with Gasteiger partial charge in [-0.25, -0.2) is 8.42 Å². The SMILES string of the molecule is O=S1(=O)C[C@H](Cl)[C@H](NC(=S)OC[C@@H](Cl)CCl)C1. The van der Waals surface area contributed by atoms with Gasteiger partial charge in [0.1, 0.15) is 6.61 Å². The molecule has 9 heteroatoms. The number of alkyl halides is 3. The predicted molar refractivity (Wildman–Crippen MR) is 74.1 cm³/mol. The zero-order valence-corrected chi connectivity index (χ0v) is 12.6. The van der Waals surface area contributed by atoms with Gasteiger partial charge < -0.3 is 10.1 Å². The molecular formula is C8H12Cl3NO3S2. The molecule has 0 aliphatic carbocycles. The molecule has 0 radical (unpaired) electrons. The van der Waals surface area contributed by atoms with Crippen LogP contribution >= 0.6 is 47.0 Å². The molecule has 1 N–H and O–H groups in total. The average molecular weight is 341 g/mol. The second-order valence-corrected chi connectivity index (χ2v) is 7.70. The molecule has 0 bridgehead atoms. The Morgan fingerprint density at radius 2 is 2.18 bits per heavy atom. The molecule has 17 heavy (non-hydrogen) atoms. The Balaban J connectivity index is 2.37. The third-order valence-corrected chi connectivity index (χ3v) is 5.57. The molecule has 1 saturated heterocycles. The van der Waals surface area contributed by atoms with Gasteiger partial charge in [-0.1, -0.05) is 0 Å². The van der Waals surface area contributed by atoms with Crippen molar-refractivity contribution in [2.24, 2.45) is 0 Å². The highest BCUT2D eigenvalue weighted by molar-refractivity contribution is 7.91. The van der Waals surface area contributed by atoms with Crippen molar-refractivity contribution in [2.75, 3.05) is 24.0 Å². The molecule has 0 amide bonds. The monoisotopic (exact) mass is 339 g/mol. The molecule has 1 aliphatic rings. The Labute approximate surface area is 121 Å². The predicted octanol–water partition coefficient (Wildman–Crippen LogP) is 1.13. The first-order chi connectivity index (χ1) is 7.84. The molecule has 1 aliphatic heterocycles. The van der Waals surface area contributed by atoms with E-state index in [4.69, 9.17) is 51.8 Å². The Morgan fingerprint density at radius 1 is 1.53 bits per heavy atom. The number of hydrogen-bond donors (Lipinski definition) is 1. The maximum atomic E-state index is 11.3. The Hall–Kier alpha value is 0.510. The van der Waals surface area contributed by atoms with E-state index in [9.17, 15) is 8.42 Å². The van der Waals surface area contributed by atoms with Gasteiger partial charge in [0.15, 0.2) is 9.84 Å². The first-order valence-electron chi connectivity index (χ1n) is 4.82. The fourth-order valence-corrected chi connectivity index (χ4v) is 4.26. The Morgan fingerprint density at radius 3 is 2.65 bits per heavy atom. The summed E-state index contributed by atoms with van der Waals surface area (Å²) >= 11 is 22.0. The lowest BCUT2D eigenvalue weighted by atomic mass is 10.3. The minimum absolute atomic E-state index is 0.0372. The van der Waals surface area contributed by atoms with E-state index in [0.717, 1.165) is 0 Å². The summed E-state index contributed by atoms with van der Waals surface area (Å²) in [6.45, 7) is 0.170. The van der Waals surface area contributed by atoms with Gasteiger partial charge in [-0.2, -0.15) is 0 Å². The fraction of sp³-hybridized carbons (Fsp3) is 0.875. The molecule has 100 valence electrons. The van der Waals surface area contributed by atoms with Crippen LogP contribution in [0.5, 0.6) is 0 Å². The van der Waals surface area contributed by atoms with E-state index >= 15 is 0 Å². The van der Waals surface area contributed by atoms with Crippen LogP contribution in [-0.4, -0.2) is 54.4 Å². The van der Waals surface area contributed by atoms with Crippen molar-refractivity contribution in [1.82, 2.24) is 5.32 Å². The molecule has 0 aromatic rings. The molecule has 0 spiro atoms. The van der Waals surface area contributed by atoms with Crippen LogP contribution in [0, 0.1) is 0 Å². The summed E-state index contributed by atoms with van der Waals surface area (Å²) in [5.74, 6) is 0.166. The van der Waals surface area contributed by atoms with Crippen molar-refractivity contribution in [3.8, 4) is 0 Å². The van der Waals surface area contributed by atoms with E-state index in [2.05, 4.69) is 5.32 Å². The van der Waals surface area contributed by atoms with Crippen molar-refractivity contribution in [2.45, 2.75) is 16.8 Å². The lowest BCUT2D eigenvalue weighted by molar-refractivity contribution is 0.298. The summed E-state index contributed by atoms with van der Waals surface area (Å²) in [6, 6.07) is -0.418. The van der Waals surface area contributed by atoms with Gasteiger partial charge in [-0.3, -0.25) is 0 Å². The van der Waals surface area contributed by atoms with Crippen LogP contribution in [0.2, 0.25) is 0 Å². The molecule has 1 fully saturated rings. The van der Waals surface area contributed by atoms with Crippen LogP contribution in [0.15, 0.2) is 0 Å². The maximum absolute atomic E-state index is 11.3. The molecule has 1 heterocycles. The minimum atomic E-state index is -3.08. The first kappa shape index (κ1) is 15.6. The lowest BCUT2D eigenvalue weighted by Crippen LogP contribution is -2.41. The third kappa shape index (κ3) is 5.34. The van der Waals surface area contributed by atoms with Gasteiger partial charge in [-0.15, -0.1) is 34.8 Å². The number of nitrogens with one attached hydrogen (secondary N) is 1. The van der Waals surface area contributed by atoms with Crippen molar-refractivity contribution in [1.29, 1.82) is 0 Å². The summed E-state index contributed by atoms with van der Waals surface area (Å²) in [4.78, 5) is 0. The highest BCUT2D eigenvalue weighted by atomic mass is 35.5. The molecule has 4 nitrogen and oxygen atoms in total. The van der Waals surface area contributed by atoms with E-state index in [1.54, 1.807) is 0 Å². The van der Waals surface area contributed by atoms with Gasteiger partial charge in [-0.05, 0) is 12.2 Å². The maximum Gasteiger partial charge on any atom is 0.256 e. The number of sulfone groups is 1. The number of halogens is 3. The quantitative estimate of drug-likeness (QED) is 0.614. The summed E-state index contributed by atoms with van der Waals surface area (Å²) in [5.41, 5.74) is 0. The van der Waals surface area contributed by atoms with Crippen LogP contribution in [0.3, 0.4) is 0 Å². The van der Waals surface area contributed by atoms with E-state index in [-0.39, 0.29) is 34.5 Å². The summed E-state index contributed by atoms with van der Waals surface area (Å²) in [6.07, 6.45) is 0. The van der Waals surface area contributed by atoms with Gasteiger partial charge in [0, 0.05) is 5.88 Å². The third-order valence-electron chi connectivity index (χ3n) is 2.15. The molecule has 0 saturated carbocycles. The van der Waals surface area contributed by atoms with Crippen molar-refractivity contribution >= 4 is 62.0 Å². The molecule has 0 aromatic heterocycles. The Bertz CT molecular complexity index is 376. The normalized spacial score (nSPS) is 28.6. The average Bonchev–Trinajstić information content (AvgIpc) is 2.48. The number of thiocarbonyl (C=S) groups is 1. The molecule has 0 aromatic carbocycles. The van der Waals surface area contributed by atoms with Crippen molar-refractivity contribution in [3.63, 3.8) is 0 Å². The van der Waals surface area contributed by atoms with Gasteiger partial charge >= 0.3 is 0 Å². The fourth-order valence-electron chi connectivity index (χ4n) is 1.34. The second-order valence-electron chi connectivity index (χ2n) is 3.69. The van der Waals surface area contributed by atoms with Crippen LogP contribution in [0.1, 0.15) is 0 Å². The number of rotatable bonds is 4. The molecule has 0 unspecified atom stereocenters. The lowest BCUT2D eigenvalue weighted by Gasteiger charge is -2.17. The smallest absolute Gasteiger partial charge is 0.256 e. The minimum Gasteiger partial charge on any atom is -0.469 e. The van der Waals surface area contributed by atoms with Gasteiger partial charge in [0.25, 0.3) is 5.17 Å². The number of ether oxygens (including phenoxy) is 1. The zero-order chi connectivity index (χ0) is 13.1. The highest BCUT2D eigenvalue weighted by Gasteiger charge is 2.37. The second kappa shape index (κ2) is 6.61. The first-order valence-corrected chi connectivity index (χ1v) is 8.45. The largest absolute Gasteiger partial charge is 0.469 e. The van der Waals surface area contributed by atoms with Crippen LogP contribution in [0.25, 0.3) is 0 Å². The number of hydrogen-bond acceptors (Lipinski definition) is 4. The van der Waals surface area contributed by atoms with Crippen LogP contribution in [-0.2, 0) is 14.6 Å². The standard InChI is InChI=1S/C8H12Cl3NO3S2/c9-1-5(10)2-15-8(16)12-7-4-17(13,14)3-6(7)11/h5-7H,1-4H2,(H,12,16)/t5-,6-,7+/m0/s1. The van der Waals surface area contributed by atoms with E-state index < -0.39 is 21.3 Å². The van der Waals surface area contributed by atoms with E-state index in [0.29, 0.717) is 0 Å². The summed E-state index contributed by atoms with van der Waals surface area (Å²) < 4.78 is 27.7. The molecular weight excluding hydrogens is 329 g/mol. The van der Waals surface area contributed by atoms with E-state index in [1.165, 1.54) is 0 Å². The highest BCUT2D eigenvalue weighted by Crippen LogP contribution is 2.18. The van der Waals surface area contributed by atoms with Gasteiger partial charge in [0.05, 0.1) is 28.3 Å².